The topological polar surface area (TPSA) is 61.9 Å². The summed E-state index contributed by atoms with van der Waals surface area (Å²) in [6, 6.07) is -0.256. The van der Waals surface area contributed by atoms with Gasteiger partial charge in [-0.3, -0.25) is 14.6 Å². The molecule has 6 heteroatoms. The van der Waals surface area contributed by atoms with Crippen molar-refractivity contribution < 1.29 is 14.3 Å². The Bertz CT molecular complexity index is 384. The quantitative estimate of drug-likeness (QED) is 0.794. The summed E-state index contributed by atoms with van der Waals surface area (Å²) in [6.45, 7) is 4.00. The number of amides is 3. The minimum Gasteiger partial charge on any atom is -0.377 e. The fraction of sp³-hybridized carbons (Fsp3) is 0.857. The van der Waals surface area contributed by atoms with Crippen LogP contribution in [0.4, 0.5) is 4.79 Å². The van der Waals surface area contributed by atoms with Crippen LogP contribution in [-0.4, -0.2) is 67.2 Å². The maximum absolute atomic E-state index is 12.1. The molecule has 0 aromatic carbocycles. The van der Waals surface area contributed by atoms with Gasteiger partial charge in [-0.15, -0.1) is 0 Å². The largest absolute Gasteiger partial charge is 0.377 e. The Balaban J connectivity index is 1.44. The van der Waals surface area contributed by atoms with Gasteiger partial charge in [0.05, 0.1) is 12.6 Å². The van der Waals surface area contributed by atoms with E-state index in [2.05, 4.69) is 10.2 Å². The summed E-state index contributed by atoms with van der Waals surface area (Å²) in [6.07, 6.45) is 5.01. The van der Waals surface area contributed by atoms with Gasteiger partial charge in [0.15, 0.2) is 0 Å². The zero-order valence-electron chi connectivity index (χ0n) is 11.8. The zero-order chi connectivity index (χ0) is 13.9. The fourth-order valence-electron chi connectivity index (χ4n) is 2.84. The molecule has 3 amide bonds. The average molecular weight is 281 g/mol. The molecule has 2 aliphatic heterocycles. The monoisotopic (exact) mass is 281 g/mol. The van der Waals surface area contributed by atoms with Crippen molar-refractivity contribution in [3.63, 3.8) is 0 Å². The van der Waals surface area contributed by atoms with E-state index in [4.69, 9.17) is 4.74 Å². The second-order valence-electron chi connectivity index (χ2n) is 6.05. The van der Waals surface area contributed by atoms with Crippen LogP contribution >= 0.6 is 0 Å². The summed E-state index contributed by atoms with van der Waals surface area (Å²) >= 11 is 0. The number of nitrogens with zero attached hydrogens (tertiary/aromatic N) is 2. The van der Waals surface area contributed by atoms with Crippen LogP contribution in [0, 0.1) is 5.92 Å². The van der Waals surface area contributed by atoms with Gasteiger partial charge in [-0.1, -0.05) is 0 Å². The van der Waals surface area contributed by atoms with Gasteiger partial charge in [0.2, 0.25) is 5.91 Å². The molecule has 1 saturated carbocycles. The summed E-state index contributed by atoms with van der Waals surface area (Å²) in [5.41, 5.74) is 0. The van der Waals surface area contributed by atoms with Crippen LogP contribution in [0.2, 0.25) is 0 Å². The Labute approximate surface area is 119 Å². The molecule has 2 saturated heterocycles. The highest BCUT2D eigenvalue weighted by molar-refractivity contribution is 5.96. The molecule has 1 unspecified atom stereocenters. The lowest BCUT2D eigenvalue weighted by molar-refractivity contribution is -0.129. The summed E-state index contributed by atoms with van der Waals surface area (Å²) < 4.78 is 5.92. The molecule has 0 aromatic rings. The van der Waals surface area contributed by atoms with Crippen molar-refractivity contribution in [3.05, 3.63) is 0 Å². The molecular formula is C14H23N3O3. The van der Waals surface area contributed by atoms with Crippen molar-refractivity contribution in [1.82, 2.24) is 15.1 Å². The van der Waals surface area contributed by atoms with Gasteiger partial charge in [-0.05, 0) is 38.1 Å². The van der Waals surface area contributed by atoms with Gasteiger partial charge in [-0.25, -0.2) is 4.79 Å². The molecule has 1 atom stereocenters. The molecule has 0 radical (unpaired) electrons. The summed E-state index contributed by atoms with van der Waals surface area (Å²) in [5.74, 6) is 0.683. The minimum atomic E-state index is -0.256. The van der Waals surface area contributed by atoms with Gasteiger partial charge in [0, 0.05) is 26.2 Å². The first kappa shape index (κ1) is 13.8. The lowest BCUT2D eigenvalue weighted by Crippen LogP contribution is -2.47. The molecule has 3 rings (SSSR count). The number of piperidine rings is 1. The lowest BCUT2D eigenvalue weighted by Gasteiger charge is -2.32. The molecule has 0 aromatic heterocycles. The molecule has 1 N–H and O–H groups in total. The number of rotatable bonds is 5. The smallest absolute Gasteiger partial charge is 0.324 e. The van der Waals surface area contributed by atoms with E-state index in [1.54, 1.807) is 0 Å². The summed E-state index contributed by atoms with van der Waals surface area (Å²) in [4.78, 5) is 27.0. The minimum absolute atomic E-state index is 0.0946. The predicted molar refractivity (Wildman–Crippen MR) is 73.2 cm³/mol. The van der Waals surface area contributed by atoms with Crippen molar-refractivity contribution >= 4 is 11.9 Å². The third-order valence-electron chi connectivity index (χ3n) is 4.24. The Kier molecular flexibility index (Phi) is 4.21. The van der Waals surface area contributed by atoms with Crippen molar-refractivity contribution in [3.8, 4) is 0 Å². The number of hydrogen-bond donors (Lipinski definition) is 1. The average Bonchev–Trinajstić information content (AvgIpc) is 3.17. The van der Waals surface area contributed by atoms with Crippen molar-refractivity contribution in [2.24, 2.45) is 5.92 Å². The third kappa shape index (κ3) is 3.49. The first-order valence-corrected chi connectivity index (χ1v) is 7.64. The normalized spacial score (nSPS) is 27.7. The van der Waals surface area contributed by atoms with Crippen LogP contribution < -0.4 is 5.32 Å². The molecule has 112 valence electrons. The lowest BCUT2D eigenvalue weighted by atomic mass is 10.1. The van der Waals surface area contributed by atoms with E-state index >= 15 is 0 Å². The van der Waals surface area contributed by atoms with Crippen LogP contribution in [0.25, 0.3) is 0 Å². The van der Waals surface area contributed by atoms with Gasteiger partial charge in [0.25, 0.3) is 0 Å². The third-order valence-corrected chi connectivity index (χ3v) is 4.24. The Hall–Kier alpha value is -1.14. The highest BCUT2D eigenvalue weighted by atomic mass is 16.5. The molecule has 0 spiro atoms. The number of likely N-dealkylation sites (tertiary alicyclic amines) is 1. The van der Waals surface area contributed by atoms with Crippen molar-refractivity contribution in [2.75, 3.05) is 39.3 Å². The standard InChI is InChI=1S/C14H23N3O3/c18-13(17-7-5-15-14(17)19)9-16-6-1-2-12(8-16)20-10-11-3-4-11/h11-12H,1-10H2,(H,15,19). The predicted octanol–water partition coefficient (Wildman–Crippen LogP) is 0.429. The van der Waals surface area contributed by atoms with Gasteiger partial charge < -0.3 is 10.1 Å². The second-order valence-corrected chi connectivity index (χ2v) is 6.05. The van der Waals surface area contributed by atoms with Gasteiger partial charge in [0.1, 0.15) is 0 Å². The first-order valence-electron chi connectivity index (χ1n) is 7.64. The van der Waals surface area contributed by atoms with E-state index in [-0.39, 0.29) is 18.0 Å². The Morgan fingerprint density at radius 2 is 2.15 bits per heavy atom. The molecule has 3 fully saturated rings. The molecule has 0 bridgehead atoms. The molecule has 2 heterocycles. The van der Waals surface area contributed by atoms with E-state index in [1.165, 1.54) is 17.7 Å². The number of carbonyl (C=O) groups is 2. The second kappa shape index (κ2) is 6.10. The van der Waals surface area contributed by atoms with Crippen LogP contribution in [0.15, 0.2) is 0 Å². The highest BCUT2D eigenvalue weighted by Crippen LogP contribution is 2.29. The molecule has 1 aliphatic carbocycles. The Morgan fingerprint density at radius 3 is 2.85 bits per heavy atom. The molecule has 6 nitrogen and oxygen atoms in total. The van der Waals surface area contributed by atoms with E-state index < -0.39 is 0 Å². The molecule has 20 heavy (non-hydrogen) atoms. The number of carbonyl (C=O) groups excluding carboxylic acids is 2. The SMILES string of the molecule is O=C(CN1CCCC(OCC2CC2)C1)N1CCNC1=O. The maximum Gasteiger partial charge on any atom is 0.324 e. The van der Waals surface area contributed by atoms with E-state index in [9.17, 15) is 9.59 Å². The van der Waals surface area contributed by atoms with Crippen LogP contribution in [0.5, 0.6) is 0 Å². The van der Waals surface area contributed by atoms with E-state index in [1.807, 2.05) is 0 Å². The number of hydrogen-bond acceptors (Lipinski definition) is 4. The van der Waals surface area contributed by atoms with Crippen LogP contribution in [0.1, 0.15) is 25.7 Å². The highest BCUT2D eigenvalue weighted by Gasteiger charge is 2.30. The van der Waals surface area contributed by atoms with Crippen LogP contribution in [-0.2, 0) is 9.53 Å². The number of urea groups is 1. The fourth-order valence-corrected chi connectivity index (χ4v) is 2.84. The van der Waals surface area contributed by atoms with E-state index in [0.717, 1.165) is 38.5 Å². The summed E-state index contributed by atoms with van der Waals surface area (Å²) in [7, 11) is 0. The zero-order valence-corrected chi connectivity index (χ0v) is 11.8. The molecular weight excluding hydrogens is 258 g/mol. The number of ether oxygens (including phenoxy) is 1. The van der Waals surface area contributed by atoms with Crippen LogP contribution in [0.3, 0.4) is 0 Å². The number of imide groups is 1. The Morgan fingerprint density at radius 1 is 1.30 bits per heavy atom. The van der Waals surface area contributed by atoms with Crippen molar-refractivity contribution in [2.45, 2.75) is 31.8 Å². The van der Waals surface area contributed by atoms with Gasteiger partial charge >= 0.3 is 6.03 Å². The maximum atomic E-state index is 12.1. The first-order chi connectivity index (χ1) is 9.72. The number of nitrogens with one attached hydrogen (secondary N) is 1. The summed E-state index contributed by atoms with van der Waals surface area (Å²) in [5, 5.41) is 2.66. The molecule has 3 aliphatic rings. The van der Waals surface area contributed by atoms with Gasteiger partial charge in [-0.2, -0.15) is 0 Å². The van der Waals surface area contributed by atoms with E-state index in [0.29, 0.717) is 19.6 Å². The van der Waals surface area contributed by atoms with Crippen molar-refractivity contribution in [1.29, 1.82) is 0 Å².